The Morgan fingerprint density at radius 2 is 1.32 bits per heavy atom. The van der Waals surface area contributed by atoms with Crippen molar-refractivity contribution in [2.45, 2.75) is 12.6 Å². The van der Waals surface area contributed by atoms with Gasteiger partial charge in [0.2, 0.25) is 0 Å². The highest BCUT2D eigenvalue weighted by atomic mass is 19.4. The highest BCUT2D eigenvalue weighted by Gasteiger charge is 2.28. The number of rotatable bonds is 1. The van der Waals surface area contributed by atoms with Gasteiger partial charge in [-0.05, 0) is 27.1 Å². The van der Waals surface area contributed by atoms with Crippen molar-refractivity contribution < 1.29 is 13.2 Å². The van der Waals surface area contributed by atoms with Gasteiger partial charge in [0.05, 0.1) is 6.42 Å². The van der Waals surface area contributed by atoms with Crippen molar-refractivity contribution >= 4 is 21.5 Å². The lowest BCUT2D eigenvalue weighted by Crippen LogP contribution is -2.11. The molecule has 0 aliphatic rings. The lowest BCUT2D eigenvalue weighted by Gasteiger charge is -2.12. The van der Waals surface area contributed by atoms with E-state index in [0.29, 0.717) is 10.9 Å². The minimum Gasteiger partial charge on any atom is -0.171 e. The fourth-order valence-corrected chi connectivity index (χ4v) is 2.49. The maximum Gasteiger partial charge on any atom is 0.393 e. The molecule has 0 aromatic heterocycles. The van der Waals surface area contributed by atoms with Crippen LogP contribution in [0.5, 0.6) is 0 Å². The van der Waals surface area contributed by atoms with Gasteiger partial charge in [0.1, 0.15) is 0 Å². The lowest BCUT2D eigenvalue weighted by molar-refractivity contribution is -0.126. The van der Waals surface area contributed by atoms with Crippen molar-refractivity contribution in [2.24, 2.45) is 0 Å². The van der Waals surface area contributed by atoms with Crippen LogP contribution in [0.15, 0.2) is 54.6 Å². The molecule has 0 fully saturated rings. The molecule has 0 heterocycles. The van der Waals surface area contributed by atoms with E-state index in [2.05, 4.69) is 0 Å². The molecule has 0 amide bonds. The van der Waals surface area contributed by atoms with Crippen molar-refractivity contribution in [1.82, 2.24) is 0 Å². The normalized spacial score (nSPS) is 12.2. The van der Waals surface area contributed by atoms with Crippen LogP contribution in [0.25, 0.3) is 21.5 Å². The average molecular weight is 260 g/mol. The van der Waals surface area contributed by atoms with Gasteiger partial charge in [-0.25, -0.2) is 0 Å². The van der Waals surface area contributed by atoms with Crippen LogP contribution in [0.3, 0.4) is 0 Å². The third-order valence-electron chi connectivity index (χ3n) is 3.24. The van der Waals surface area contributed by atoms with E-state index in [9.17, 15) is 13.2 Å². The highest BCUT2D eigenvalue weighted by Crippen LogP contribution is 2.32. The summed E-state index contributed by atoms with van der Waals surface area (Å²) in [5, 5.41) is 3.39. The zero-order chi connectivity index (χ0) is 13.5. The Balaban J connectivity index is 2.36. The molecule has 3 aromatic rings. The van der Waals surface area contributed by atoms with Crippen molar-refractivity contribution in [2.75, 3.05) is 0 Å². The predicted octanol–water partition coefficient (Wildman–Crippen LogP) is 5.10. The molecule has 19 heavy (non-hydrogen) atoms. The number of fused-ring (bicyclic) bond motifs is 3. The smallest absolute Gasteiger partial charge is 0.171 e. The average Bonchev–Trinajstić information content (AvgIpc) is 2.37. The number of hydrogen-bond donors (Lipinski definition) is 0. The van der Waals surface area contributed by atoms with Gasteiger partial charge in [0, 0.05) is 0 Å². The number of hydrogen-bond acceptors (Lipinski definition) is 0. The van der Waals surface area contributed by atoms with Gasteiger partial charge in [-0.1, -0.05) is 54.6 Å². The summed E-state index contributed by atoms with van der Waals surface area (Å²) in [6.07, 6.45) is -5.08. The monoisotopic (exact) mass is 260 g/mol. The second-order valence-corrected chi connectivity index (χ2v) is 4.59. The Bertz CT molecular complexity index is 742. The summed E-state index contributed by atoms with van der Waals surface area (Å²) < 4.78 is 38.0. The van der Waals surface area contributed by atoms with Gasteiger partial charge in [-0.3, -0.25) is 0 Å². The van der Waals surface area contributed by atoms with Gasteiger partial charge in [-0.15, -0.1) is 0 Å². The molecule has 0 radical (unpaired) electrons. The van der Waals surface area contributed by atoms with E-state index in [4.69, 9.17) is 0 Å². The van der Waals surface area contributed by atoms with E-state index in [1.165, 1.54) is 0 Å². The Kier molecular flexibility index (Phi) is 2.70. The summed E-state index contributed by atoms with van der Waals surface area (Å²) >= 11 is 0. The zero-order valence-corrected chi connectivity index (χ0v) is 10.0. The molecular weight excluding hydrogens is 249 g/mol. The largest absolute Gasteiger partial charge is 0.393 e. The van der Waals surface area contributed by atoms with E-state index in [1.54, 1.807) is 18.2 Å². The Morgan fingerprint density at radius 1 is 0.737 bits per heavy atom. The van der Waals surface area contributed by atoms with Gasteiger partial charge >= 0.3 is 6.18 Å². The second kappa shape index (κ2) is 4.26. The highest BCUT2D eigenvalue weighted by molar-refractivity contribution is 6.08. The minimum absolute atomic E-state index is 0.335. The quantitative estimate of drug-likeness (QED) is 0.534. The van der Waals surface area contributed by atoms with Gasteiger partial charge in [0.25, 0.3) is 0 Å². The first-order chi connectivity index (χ1) is 9.04. The van der Waals surface area contributed by atoms with Crippen molar-refractivity contribution in [3.05, 3.63) is 60.2 Å². The molecule has 0 unspecified atom stereocenters. The minimum atomic E-state index is -4.19. The first-order valence-corrected chi connectivity index (χ1v) is 6.01. The van der Waals surface area contributed by atoms with Gasteiger partial charge < -0.3 is 0 Å². The molecule has 96 valence electrons. The molecule has 0 spiro atoms. The first-order valence-electron chi connectivity index (χ1n) is 6.01. The third kappa shape index (κ3) is 2.28. The van der Waals surface area contributed by atoms with Crippen LogP contribution in [-0.2, 0) is 6.42 Å². The fraction of sp³-hybridized carbons (Fsp3) is 0.125. The molecule has 0 aliphatic heterocycles. The van der Waals surface area contributed by atoms with Crippen LogP contribution in [0.2, 0.25) is 0 Å². The van der Waals surface area contributed by atoms with Gasteiger partial charge in [-0.2, -0.15) is 13.2 Å². The standard InChI is InChI=1S/C16H11F3/c17-16(18,19)10-12-9-11-5-1-2-6-13(11)15-8-4-3-7-14(12)15/h1-9H,10H2. The maximum absolute atomic E-state index is 12.7. The Morgan fingerprint density at radius 3 is 2.00 bits per heavy atom. The molecule has 3 heteroatoms. The number of alkyl halides is 3. The first kappa shape index (κ1) is 12.0. The second-order valence-electron chi connectivity index (χ2n) is 4.59. The number of benzene rings is 3. The lowest BCUT2D eigenvalue weighted by atomic mass is 9.96. The van der Waals surface area contributed by atoms with E-state index in [-0.39, 0.29) is 0 Å². The SMILES string of the molecule is FC(F)(F)Cc1cc2ccccc2c2ccccc12. The van der Waals surface area contributed by atoms with Crippen LogP contribution < -0.4 is 0 Å². The molecule has 0 aliphatic carbocycles. The molecule has 3 aromatic carbocycles. The van der Waals surface area contributed by atoms with Gasteiger partial charge in [0.15, 0.2) is 0 Å². The summed E-state index contributed by atoms with van der Waals surface area (Å²) in [7, 11) is 0. The van der Waals surface area contributed by atoms with Crippen molar-refractivity contribution in [3.8, 4) is 0 Å². The summed E-state index contributed by atoms with van der Waals surface area (Å²) in [6, 6.07) is 16.4. The predicted molar refractivity (Wildman–Crippen MR) is 71.2 cm³/mol. The molecule has 0 atom stereocenters. The maximum atomic E-state index is 12.7. The van der Waals surface area contributed by atoms with Crippen LogP contribution in [-0.4, -0.2) is 6.18 Å². The molecule has 0 saturated heterocycles. The Hall–Kier alpha value is -2.03. The van der Waals surface area contributed by atoms with Crippen molar-refractivity contribution in [3.63, 3.8) is 0 Å². The summed E-state index contributed by atoms with van der Waals surface area (Å²) in [5.74, 6) is 0. The summed E-state index contributed by atoms with van der Waals surface area (Å²) in [5.41, 5.74) is 0.335. The molecular formula is C16H11F3. The van der Waals surface area contributed by atoms with Crippen LogP contribution >= 0.6 is 0 Å². The fourth-order valence-electron chi connectivity index (χ4n) is 2.49. The zero-order valence-electron chi connectivity index (χ0n) is 10.0. The van der Waals surface area contributed by atoms with Crippen molar-refractivity contribution in [1.29, 1.82) is 0 Å². The topological polar surface area (TPSA) is 0 Å². The van der Waals surface area contributed by atoms with E-state index in [0.717, 1.165) is 16.2 Å². The molecule has 0 nitrogen and oxygen atoms in total. The number of halogens is 3. The van der Waals surface area contributed by atoms with E-state index >= 15 is 0 Å². The summed E-state index contributed by atoms with van der Waals surface area (Å²) in [4.78, 5) is 0. The molecule has 3 rings (SSSR count). The summed E-state index contributed by atoms with van der Waals surface area (Å²) in [6.45, 7) is 0. The molecule has 0 N–H and O–H groups in total. The van der Waals surface area contributed by atoms with Crippen LogP contribution in [0, 0.1) is 0 Å². The van der Waals surface area contributed by atoms with Crippen LogP contribution in [0.4, 0.5) is 13.2 Å². The van der Waals surface area contributed by atoms with E-state index < -0.39 is 12.6 Å². The molecule has 0 bridgehead atoms. The third-order valence-corrected chi connectivity index (χ3v) is 3.24. The molecule has 0 saturated carbocycles. The Labute approximate surface area is 108 Å². The van der Waals surface area contributed by atoms with E-state index in [1.807, 2.05) is 36.4 Å². The van der Waals surface area contributed by atoms with Crippen LogP contribution in [0.1, 0.15) is 5.56 Å².